The van der Waals surface area contributed by atoms with Gasteiger partial charge in [-0.05, 0) is 42.8 Å². The molecule has 0 saturated carbocycles. The van der Waals surface area contributed by atoms with Crippen molar-refractivity contribution in [2.24, 2.45) is 0 Å². The molecule has 0 spiro atoms. The van der Waals surface area contributed by atoms with E-state index in [-0.39, 0.29) is 0 Å². The number of hydrogen-bond donors (Lipinski definition) is 2. The van der Waals surface area contributed by atoms with Gasteiger partial charge < -0.3 is 15.4 Å². The highest BCUT2D eigenvalue weighted by atomic mass is 35.5. The second-order valence-electron chi connectivity index (χ2n) is 6.24. The van der Waals surface area contributed by atoms with Crippen LogP contribution in [0.5, 0.6) is 5.75 Å². The first kappa shape index (κ1) is 20.7. The zero-order valence-electron chi connectivity index (χ0n) is 15.4. The van der Waals surface area contributed by atoms with E-state index >= 15 is 0 Å². The van der Waals surface area contributed by atoms with E-state index < -0.39 is 0 Å². The van der Waals surface area contributed by atoms with Crippen LogP contribution in [0.2, 0.25) is 10.0 Å². The van der Waals surface area contributed by atoms with Gasteiger partial charge in [-0.3, -0.25) is 0 Å². The Morgan fingerprint density at radius 3 is 2.35 bits per heavy atom. The van der Waals surface area contributed by atoms with Crippen LogP contribution in [0.15, 0.2) is 42.5 Å². The van der Waals surface area contributed by atoms with Gasteiger partial charge in [0.25, 0.3) is 0 Å². The van der Waals surface area contributed by atoms with Gasteiger partial charge in [0, 0.05) is 18.8 Å². The van der Waals surface area contributed by atoms with Gasteiger partial charge in [0.05, 0.1) is 22.3 Å². The highest BCUT2D eigenvalue weighted by Gasteiger charge is 2.03. The number of ether oxygens (including phenoxy) is 1. The first-order chi connectivity index (χ1) is 12.7. The van der Waals surface area contributed by atoms with Crippen molar-refractivity contribution in [2.45, 2.75) is 39.0 Å². The van der Waals surface area contributed by atoms with E-state index in [1.165, 1.54) is 25.7 Å². The number of nitrogens with one attached hydrogen (secondary N) is 2. The molecule has 5 heteroatoms. The van der Waals surface area contributed by atoms with Gasteiger partial charge in [-0.1, -0.05) is 61.9 Å². The van der Waals surface area contributed by atoms with Crippen LogP contribution >= 0.6 is 23.2 Å². The molecule has 0 amide bonds. The summed E-state index contributed by atoms with van der Waals surface area (Å²) in [6, 6.07) is 13.7. The second kappa shape index (κ2) is 11.9. The molecule has 2 N–H and O–H groups in total. The first-order valence-corrected chi connectivity index (χ1v) is 10.1. The number of rotatable bonds is 12. The van der Waals surface area contributed by atoms with Crippen molar-refractivity contribution >= 4 is 34.6 Å². The topological polar surface area (TPSA) is 33.3 Å². The van der Waals surface area contributed by atoms with Crippen LogP contribution in [0.3, 0.4) is 0 Å². The zero-order chi connectivity index (χ0) is 18.6. The molecule has 2 aromatic carbocycles. The molecule has 0 bridgehead atoms. The third-order valence-electron chi connectivity index (χ3n) is 4.09. The van der Waals surface area contributed by atoms with Crippen molar-refractivity contribution in [1.29, 1.82) is 0 Å². The van der Waals surface area contributed by atoms with Gasteiger partial charge >= 0.3 is 0 Å². The fraction of sp³-hybridized carbons (Fsp3) is 0.429. The fourth-order valence-corrected chi connectivity index (χ4v) is 2.98. The second-order valence-corrected chi connectivity index (χ2v) is 7.03. The maximum absolute atomic E-state index is 6.15. The van der Waals surface area contributed by atoms with Crippen molar-refractivity contribution in [2.75, 3.05) is 30.3 Å². The smallest absolute Gasteiger partial charge is 0.119 e. The number of halogens is 2. The third kappa shape index (κ3) is 7.35. The Morgan fingerprint density at radius 1 is 0.846 bits per heavy atom. The zero-order valence-corrected chi connectivity index (χ0v) is 16.9. The summed E-state index contributed by atoms with van der Waals surface area (Å²) in [6.07, 6.45) is 6.27. The summed E-state index contributed by atoms with van der Waals surface area (Å²) in [5.41, 5.74) is 1.92. The molecule has 3 nitrogen and oxygen atoms in total. The van der Waals surface area contributed by atoms with Gasteiger partial charge in [0.1, 0.15) is 5.75 Å². The van der Waals surface area contributed by atoms with Gasteiger partial charge in [-0.25, -0.2) is 0 Å². The van der Waals surface area contributed by atoms with Crippen LogP contribution in [0.4, 0.5) is 11.4 Å². The number of hydrogen-bond acceptors (Lipinski definition) is 3. The van der Waals surface area contributed by atoms with E-state index in [1.807, 2.05) is 36.4 Å². The molecule has 0 radical (unpaired) electrons. The highest BCUT2D eigenvalue weighted by molar-refractivity contribution is 6.43. The lowest BCUT2D eigenvalue weighted by molar-refractivity contribution is 0.304. The predicted octanol–water partition coefficient (Wildman–Crippen LogP) is 6.87. The minimum atomic E-state index is 0.561. The fourth-order valence-electron chi connectivity index (χ4n) is 2.61. The molecule has 0 fully saturated rings. The molecule has 2 aromatic rings. The van der Waals surface area contributed by atoms with Crippen LogP contribution in [-0.2, 0) is 0 Å². The molecule has 0 aliphatic heterocycles. The Kier molecular flexibility index (Phi) is 9.51. The van der Waals surface area contributed by atoms with Crippen molar-refractivity contribution < 1.29 is 4.74 Å². The Morgan fingerprint density at radius 2 is 1.58 bits per heavy atom. The number of anilines is 2. The van der Waals surface area contributed by atoms with Crippen LogP contribution < -0.4 is 15.4 Å². The average Bonchev–Trinajstić information content (AvgIpc) is 2.66. The summed E-state index contributed by atoms with van der Waals surface area (Å²) in [6.45, 7) is 4.55. The molecule has 0 atom stereocenters. The normalized spacial score (nSPS) is 10.6. The molecule has 0 heterocycles. The molecule has 0 aromatic heterocycles. The highest BCUT2D eigenvalue weighted by Crippen LogP contribution is 2.29. The summed E-state index contributed by atoms with van der Waals surface area (Å²) in [5.74, 6) is 0.926. The van der Waals surface area contributed by atoms with Crippen LogP contribution in [0.25, 0.3) is 0 Å². The summed E-state index contributed by atoms with van der Waals surface area (Å²) in [5, 5.41) is 7.77. The summed E-state index contributed by atoms with van der Waals surface area (Å²) >= 11 is 12.2. The van der Waals surface area contributed by atoms with E-state index in [4.69, 9.17) is 27.9 Å². The van der Waals surface area contributed by atoms with E-state index in [2.05, 4.69) is 17.6 Å². The van der Waals surface area contributed by atoms with Gasteiger partial charge in [-0.2, -0.15) is 0 Å². The SMILES string of the molecule is CCCCCCCOc1ccc(NCCNc2cccc(Cl)c2Cl)cc1. The van der Waals surface area contributed by atoms with E-state index in [1.54, 1.807) is 6.07 Å². The lowest BCUT2D eigenvalue weighted by Gasteiger charge is -2.11. The minimum absolute atomic E-state index is 0.561. The maximum atomic E-state index is 6.15. The summed E-state index contributed by atoms with van der Waals surface area (Å²) < 4.78 is 5.78. The van der Waals surface area contributed by atoms with Crippen molar-refractivity contribution in [3.8, 4) is 5.75 Å². The Bertz CT molecular complexity index is 647. The molecule has 2 rings (SSSR count). The summed E-state index contributed by atoms with van der Waals surface area (Å²) in [7, 11) is 0. The lowest BCUT2D eigenvalue weighted by Crippen LogP contribution is -2.13. The molecule has 0 saturated heterocycles. The van der Waals surface area contributed by atoms with Crippen LogP contribution in [0, 0.1) is 0 Å². The molecule has 0 aliphatic rings. The van der Waals surface area contributed by atoms with Gasteiger partial charge in [0.2, 0.25) is 0 Å². The van der Waals surface area contributed by atoms with E-state index in [0.717, 1.165) is 43.2 Å². The van der Waals surface area contributed by atoms with Crippen LogP contribution in [-0.4, -0.2) is 19.7 Å². The molecule has 0 aliphatic carbocycles. The Balaban J connectivity index is 1.63. The maximum Gasteiger partial charge on any atom is 0.119 e. The number of benzene rings is 2. The van der Waals surface area contributed by atoms with E-state index in [0.29, 0.717) is 10.0 Å². The van der Waals surface area contributed by atoms with E-state index in [9.17, 15) is 0 Å². The van der Waals surface area contributed by atoms with Crippen molar-refractivity contribution in [1.82, 2.24) is 0 Å². The van der Waals surface area contributed by atoms with Crippen molar-refractivity contribution in [3.05, 3.63) is 52.5 Å². The van der Waals surface area contributed by atoms with Crippen molar-refractivity contribution in [3.63, 3.8) is 0 Å². The first-order valence-electron chi connectivity index (χ1n) is 9.35. The van der Waals surface area contributed by atoms with Gasteiger partial charge in [0.15, 0.2) is 0 Å². The molecular formula is C21H28Cl2N2O. The third-order valence-corrected chi connectivity index (χ3v) is 4.91. The lowest BCUT2D eigenvalue weighted by atomic mass is 10.2. The monoisotopic (exact) mass is 394 g/mol. The molecule has 142 valence electrons. The average molecular weight is 395 g/mol. The summed E-state index contributed by atoms with van der Waals surface area (Å²) in [4.78, 5) is 0. The quantitative estimate of drug-likeness (QED) is 0.385. The predicted molar refractivity (Wildman–Crippen MR) is 114 cm³/mol. The van der Waals surface area contributed by atoms with Crippen LogP contribution in [0.1, 0.15) is 39.0 Å². The number of unbranched alkanes of at least 4 members (excludes halogenated alkanes) is 4. The Labute approximate surface area is 167 Å². The largest absolute Gasteiger partial charge is 0.494 e. The Hall–Kier alpha value is -1.58. The standard InChI is InChI=1S/C21H28Cl2N2O/c1-2-3-4-5-6-16-26-18-12-10-17(11-13-18)24-14-15-25-20-9-7-8-19(22)21(20)23/h7-13,24-25H,2-6,14-16H2,1H3. The molecule has 0 unspecified atom stereocenters. The minimum Gasteiger partial charge on any atom is -0.494 e. The van der Waals surface area contributed by atoms with Gasteiger partial charge in [-0.15, -0.1) is 0 Å². The molecule has 26 heavy (non-hydrogen) atoms. The molecular weight excluding hydrogens is 367 g/mol.